The number of halogens is 1. The zero-order valence-electron chi connectivity index (χ0n) is 21.0. The molecule has 2 aliphatic rings. The largest absolute Gasteiger partial charge is 0.457 e. The van der Waals surface area contributed by atoms with Crippen LogP contribution in [0.15, 0.2) is 61.7 Å². The van der Waals surface area contributed by atoms with Gasteiger partial charge in [0, 0.05) is 49.2 Å². The van der Waals surface area contributed by atoms with Crippen molar-refractivity contribution in [1.29, 1.82) is 0 Å². The van der Waals surface area contributed by atoms with Gasteiger partial charge in [-0.15, -0.1) is 0 Å². The van der Waals surface area contributed by atoms with Gasteiger partial charge in [0.05, 0.1) is 11.1 Å². The smallest absolute Gasteiger partial charge is 0.245 e. The summed E-state index contributed by atoms with van der Waals surface area (Å²) in [7, 11) is 0. The van der Waals surface area contributed by atoms with E-state index in [4.69, 9.17) is 4.74 Å². The fourth-order valence-corrected chi connectivity index (χ4v) is 5.29. The average Bonchev–Trinajstić information content (AvgIpc) is 3.34. The number of aromatic amines is 1. The standard InChI is InChI=1S/C29H29FN6O2/c1-2-26(37)36-12-9-18(10-13-36)22-16-32-28-27(22)29(34-17-33-28)35-24-7-6-20(14-23(24)30)38-21-8-11-31-25(15-21)19-4-3-5-19/h2,6-8,11,14-19H,1,3-5,9-10,12-13H2,(H2,32,33,34,35). The summed E-state index contributed by atoms with van der Waals surface area (Å²) in [5.41, 5.74) is 3.07. The Kier molecular flexibility index (Phi) is 6.49. The molecule has 1 aromatic carbocycles. The number of hydrogen-bond acceptors (Lipinski definition) is 6. The van der Waals surface area contributed by atoms with Crippen LogP contribution in [0.5, 0.6) is 11.5 Å². The van der Waals surface area contributed by atoms with Gasteiger partial charge in [-0.05, 0) is 61.4 Å². The second-order valence-electron chi connectivity index (χ2n) is 9.91. The van der Waals surface area contributed by atoms with E-state index < -0.39 is 5.82 Å². The van der Waals surface area contributed by atoms with Crippen molar-refractivity contribution in [2.75, 3.05) is 18.4 Å². The second-order valence-corrected chi connectivity index (χ2v) is 9.91. The zero-order chi connectivity index (χ0) is 26.1. The minimum atomic E-state index is -0.448. The number of ether oxygens (including phenoxy) is 1. The number of carbonyl (C=O) groups is 1. The van der Waals surface area contributed by atoms with Gasteiger partial charge in [-0.25, -0.2) is 14.4 Å². The molecule has 0 spiro atoms. The lowest BCUT2D eigenvalue weighted by atomic mass is 9.83. The van der Waals surface area contributed by atoms with E-state index in [2.05, 4.69) is 31.8 Å². The number of rotatable bonds is 7. The highest BCUT2D eigenvalue weighted by Gasteiger charge is 2.26. The Balaban J connectivity index is 1.20. The van der Waals surface area contributed by atoms with Crippen molar-refractivity contribution < 1.29 is 13.9 Å². The summed E-state index contributed by atoms with van der Waals surface area (Å²) >= 11 is 0. The lowest BCUT2D eigenvalue weighted by molar-refractivity contribution is -0.127. The number of hydrogen-bond donors (Lipinski definition) is 2. The van der Waals surface area contributed by atoms with Crippen LogP contribution in [-0.4, -0.2) is 43.8 Å². The summed E-state index contributed by atoms with van der Waals surface area (Å²) in [6.07, 6.45) is 11.7. The van der Waals surface area contributed by atoms with Crippen molar-refractivity contribution in [3.8, 4) is 11.5 Å². The van der Waals surface area contributed by atoms with Crippen LogP contribution in [0, 0.1) is 5.82 Å². The van der Waals surface area contributed by atoms with Gasteiger partial charge in [0.15, 0.2) is 0 Å². The number of piperidine rings is 1. The normalized spacial score (nSPS) is 16.3. The third-order valence-electron chi connectivity index (χ3n) is 7.63. The molecule has 1 aliphatic heterocycles. The van der Waals surface area contributed by atoms with Crippen molar-refractivity contribution >= 4 is 28.4 Å². The third-order valence-corrected chi connectivity index (χ3v) is 7.63. The molecule has 9 heteroatoms. The van der Waals surface area contributed by atoms with Crippen LogP contribution in [0.3, 0.4) is 0 Å². The monoisotopic (exact) mass is 512 g/mol. The maximum Gasteiger partial charge on any atom is 0.245 e. The molecular formula is C29H29FN6O2. The van der Waals surface area contributed by atoms with E-state index >= 15 is 4.39 Å². The Morgan fingerprint density at radius 2 is 1.89 bits per heavy atom. The fraction of sp³-hybridized carbons (Fsp3) is 0.310. The number of pyridine rings is 1. The maximum absolute atomic E-state index is 15.2. The van der Waals surface area contributed by atoms with E-state index in [0.29, 0.717) is 47.7 Å². The lowest BCUT2D eigenvalue weighted by Crippen LogP contribution is -2.36. The molecule has 4 heterocycles. The number of fused-ring (bicyclic) bond motifs is 1. The number of aromatic nitrogens is 4. The van der Waals surface area contributed by atoms with Crippen molar-refractivity contribution in [2.45, 2.75) is 43.9 Å². The van der Waals surface area contributed by atoms with Gasteiger partial charge in [0.1, 0.15) is 35.1 Å². The Labute approximate surface area is 220 Å². The van der Waals surface area contributed by atoms with E-state index in [0.717, 1.165) is 42.3 Å². The first kappa shape index (κ1) is 24.1. The van der Waals surface area contributed by atoms with Crippen LogP contribution in [0.2, 0.25) is 0 Å². The zero-order valence-corrected chi connectivity index (χ0v) is 21.0. The predicted octanol–water partition coefficient (Wildman–Crippen LogP) is 6.19. The molecular weight excluding hydrogens is 483 g/mol. The van der Waals surface area contributed by atoms with Gasteiger partial charge >= 0.3 is 0 Å². The molecule has 38 heavy (non-hydrogen) atoms. The molecule has 0 radical (unpaired) electrons. The van der Waals surface area contributed by atoms with E-state index in [1.54, 1.807) is 24.4 Å². The number of anilines is 2. The van der Waals surface area contributed by atoms with Crippen LogP contribution in [0.1, 0.15) is 55.2 Å². The molecule has 1 saturated heterocycles. The molecule has 1 aliphatic carbocycles. The lowest BCUT2D eigenvalue weighted by Gasteiger charge is -2.31. The summed E-state index contributed by atoms with van der Waals surface area (Å²) in [4.78, 5) is 30.3. The molecule has 2 fully saturated rings. The Morgan fingerprint density at radius 1 is 1.08 bits per heavy atom. The molecule has 1 amide bonds. The minimum Gasteiger partial charge on any atom is -0.457 e. The summed E-state index contributed by atoms with van der Waals surface area (Å²) in [5.74, 6) is 1.83. The predicted molar refractivity (Wildman–Crippen MR) is 143 cm³/mol. The Hall–Kier alpha value is -4.27. The van der Waals surface area contributed by atoms with Crippen molar-refractivity contribution in [1.82, 2.24) is 24.8 Å². The first-order chi connectivity index (χ1) is 18.6. The van der Waals surface area contributed by atoms with Gasteiger partial charge in [-0.3, -0.25) is 9.78 Å². The first-order valence-corrected chi connectivity index (χ1v) is 13.0. The summed E-state index contributed by atoms with van der Waals surface area (Å²) in [6, 6.07) is 8.48. The Morgan fingerprint density at radius 3 is 2.63 bits per heavy atom. The number of H-pyrrole nitrogens is 1. The molecule has 0 bridgehead atoms. The van der Waals surface area contributed by atoms with Crippen molar-refractivity contribution in [3.63, 3.8) is 0 Å². The third kappa shape index (κ3) is 4.71. The van der Waals surface area contributed by atoms with E-state index in [-0.39, 0.29) is 11.8 Å². The molecule has 3 aromatic heterocycles. The van der Waals surface area contributed by atoms with Gasteiger partial charge in [0.2, 0.25) is 5.91 Å². The number of carbonyl (C=O) groups excluding carboxylic acids is 1. The number of benzene rings is 1. The van der Waals surface area contributed by atoms with Crippen LogP contribution in [-0.2, 0) is 4.79 Å². The minimum absolute atomic E-state index is 0.0429. The van der Waals surface area contributed by atoms with Gasteiger partial charge in [-0.2, -0.15) is 0 Å². The van der Waals surface area contributed by atoms with Gasteiger partial charge in [0.25, 0.3) is 0 Å². The second kappa shape index (κ2) is 10.2. The molecule has 194 valence electrons. The number of likely N-dealkylation sites (tertiary alicyclic amines) is 1. The van der Waals surface area contributed by atoms with Crippen molar-refractivity contribution in [2.24, 2.45) is 0 Å². The highest BCUT2D eigenvalue weighted by molar-refractivity contribution is 5.92. The Bertz CT molecular complexity index is 1490. The molecule has 4 aromatic rings. The topological polar surface area (TPSA) is 96.0 Å². The summed E-state index contributed by atoms with van der Waals surface area (Å²) < 4.78 is 21.1. The summed E-state index contributed by atoms with van der Waals surface area (Å²) in [5, 5.41) is 3.99. The first-order valence-electron chi connectivity index (χ1n) is 13.0. The summed E-state index contributed by atoms with van der Waals surface area (Å²) in [6.45, 7) is 4.91. The fourth-order valence-electron chi connectivity index (χ4n) is 5.29. The average molecular weight is 513 g/mol. The van der Waals surface area contributed by atoms with Crippen LogP contribution in [0.25, 0.3) is 11.0 Å². The van der Waals surface area contributed by atoms with Gasteiger partial charge in [-0.1, -0.05) is 13.0 Å². The molecule has 6 rings (SSSR count). The van der Waals surface area contributed by atoms with E-state index in [9.17, 15) is 4.79 Å². The van der Waals surface area contributed by atoms with E-state index in [1.165, 1.54) is 24.9 Å². The van der Waals surface area contributed by atoms with Crippen molar-refractivity contribution in [3.05, 3.63) is 78.8 Å². The van der Waals surface area contributed by atoms with E-state index in [1.807, 2.05) is 17.2 Å². The highest BCUT2D eigenvalue weighted by atomic mass is 19.1. The van der Waals surface area contributed by atoms with Crippen LogP contribution in [0.4, 0.5) is 15.9 Å². The molecule has 8 nitrogen and oxygen atoms in total. The SMILES string of the molecule is C=CC(=O)N1CCC(c2c[nH]c3ncnc(Nc4ccc(Oc5ccnc(C6CCC6)c5)cc4F)c23)CC1. The van der Waals surface area contributed by atoms with Crippen LogP contribution >= 0.6 is 0 Å². The number of nitrogens with zero attached hydrogens (tertiary/aromatic N) is 4. The van der Waals surface area contributed by atoms with Gasteiger partial charge < -0.3 is 19.9 Å². The molecule has 0 atom stereocenters. The molecule has 0 unspecified atom stereocenters. The molecule has 1 saturated carbocycles. The number of nitrogens with one attached hydrogen (secondary N) is 2. The number of amides is 1. The quantitative estimate of drug-likeness (QED) is 0.287. The molecule has 2 N–H and O–H groups in total. The highest BCUT2D eigenvalue weighted by Crippen LogP contribution is 2.38. The maximum atomic E-state index is 15.2. The van der Waals surface area contributed by atoms with Crippen LogP contribution < -0.4 is 10.1 Å².